The number of hydrogen-bond donors (Lipinski definition) is 2. The van der Waals surface area contributed by atoms with Crippen LogP contribution in [-0.4, -0.2) is 23.7 Å². The molecule has 1 aromatic carbocycles. The van der Waals surface area contributed by atoms with Crippen LogP contribution in [0, 0.1) is 0 Å². The van der Waals surface area contributed by atoms with Gasteiger partial charge in [-0.25, -0.2) is 0 Å². The molecule has 0 bridgehead atoms. The summed E-state index contributed by atoms with van der Waals surface area (Å²) in [5.41, 5.74) is 5.30. The minimum Gasteiger partial charge on any atom is -0.494 e. The van der Waals surface area contributed by atoms with Crippen LogP contribution in [-0.2, 0) is 4.79 Å². The van der Waals surface area contributed by atoms with E-state index in [4.69, 9.17) is 15.6 Å². The number of carbonyl (C=O) groups is 1. The van der Waals surface area contributed by atoms with Crippen LogP contribution in [0.25, 0.3) is 0 Å². The molecule has 1 aromatic rings. The Hall–Kier alpha value is -1.55. The molecule has 1 rings (SSSR count). The van der Waals surface area contributed by atoms with Gasteiger partial charge in [0, 0.05) is 6.42 Å². The highest BCUT2D eigenvalue weighted by Crippen LogP contribution is 2.08. The van der Waals surface area contributed by atoms with Crippen LogP contribution >= 0.6 is 0 Å². The minimum atomic E-state index is -0.998. The molecule has 76 valence electrons. The van der Waals surface area contributed by atoms with E-state index in [1.54, 1.807) is 0 Å². The van der Waals surface area contributed by atoms with E-state index in [0.29, 0.717) is 13.0 Å². The largest absolute Gasteiger partial charge is 0.494 e. The summed E-state index contributed by atoms with van der Waals surface area (Å²) in [5, 5.41) is 8.50. The summed E-state index contributed by atoms with van der Waals surface area (Å²) in [6.45, 7) is 0.317. The zero-order chi connectivity index (χ0) is 10.4. The third-order valence-corrected chi connectivity index (χ3v) is 1.76. The standard InChI is InChI=1S/C10H13NO3/c11-9(10(12)13)6-7-14-8-4-2-1-3-5-8/h1-5,9H,6-7,11H2,(H,12,13)/t9-/m1/s1. The van der Waals surface area contributed by atoms with Crippen molar-refractivity contribution in [2.75, 3.05) is 6.61 Å². The van der Waals surface area contributed by atoms with Crippen LogP contribution < -0.4 is 10.5 Å². The highest BCUT2D eigenvalue weighted by atomic mass is 16.5. The normalized spacial score (nSPS) is 12.1. The molecule has 0 spiro atoms. The van der Waals surface area contributed by atoms with Crippen molar-refractivity contribution in [3.63, 3.8) is 0 Å². The van der Waals surface area contributed by atoms with Gasteiger partial charge in [-0.1, -0.05) is 18.2 Å². The van der Waals surface area contributed by atoms with Crippen molar-refractivity contribution in [3.05, 3.63) is 30.3 Å². The third kappa shape index (κ3) is 3.45. The Morgan fingerprint density at radius 3 is 2.64 bits per heavy atom. The first-order chi connectivity index (χ1) is 6.70. The molecule has 0 radical (unpaired) electrons. The zero-order valence-electron chi connectivity index (χ0n) is 7.72. The molecule has 0 aliphatic heterocycles. The van der Waals surface area contributed by atoms with Crippen molar-refractivity contribution < 1.29 is 14.6 Å². The van der Waals surface area contributed by atoms with Gasteiger partial charge in [0.15, 0.2) is 0 Å². The second kappa shape index (κ2) is 5.24. The lowest BCUT2D eigenvalue weighted by Gasteiger charge is -2.08. The molecule has 0 fully saturated rings. The predicted molar refractivity (Wildman–Crippen MR) is 52.2 cm³/mol. The van der Waals surface area contributed by atoms with E-state index < -0.39 is 12.0 Å². The molecule has 0 saturated carbocycles. The van der Waals surface area contributed by atoms with Crippen molar-refractivity contribution in [1.29, 1.82) is 0 Å². The van der Waals surface area contributed by atoms with Crippen LogP contribution in [0.1, 0.15) is 6.42 Å². The van der Waals surface area contributed by atoms with Gasteiger partial charge in [0.05, 0.1) is 6.61 Å². The fourth-order valence-electron chi connectivity index (χ4n) is 0.944. The number of carboxylic acid groups (broad SMARTS) is 1. The summed E-state index contributed by atoms with van der Waals surface area (Å²) in [6, 6.07) is 8.37. The maximum Gasteiger partial charge on any atom is 0.320 e. The van der Waals surface area contributed by atoms with Crippen LogP contribution in [0.15, 0.2) is 30.3 Å². The molecule has 3 N–H and O–H groups in total. The van der Waals surface area contributed by atoms with Crippen molar-refractivity contribution in [1.82, 2.24) is 0 Å². The van der Waals surface area contributed by atoms with Crippen LogP contribution in [0.2, 0.25) is 0 Å². The van der Waals surface area contributed by atoms with E-state index in [0.717, 1.165) is 5.75 Å². The summed E-state index contributed by atoms with van der Waals surface area (Å²) >= 11 is 0. The Morgan fingerprint density at radius 2 is 2.07 bits per heavy atom. The summed E-state index contributed by atoms with van der Waals surface area (Å²) in [6.07, 6.45) is 0.310. The van der Waals surface area contributed by atoms with E-state index >= 15 is 0 Å². The Morgan fingerprint density at radius 1 is 1.43 bits per heavy atom. The molecule has 4 heteroatoms. The molecule has 0 amide bonds. The Balaban J connectivity index is 2.26. The Bertz CT molecular complexity index is 287. The van der Waals surface area contributed by atoms with Crippen LogP contribution in [0.3, 0.4) is 0 Å². The van der Waals surface area contributed by atoms with Crippen molar-refractivity contribution in [2.45, 2.75) is 12.5 Å². The van der Waals surface area contributed by atoms with Gasteiger partial charge in [0.25, 0.3) is 0 Å². The number of ether oxygens (including phenoxy) is 1. The first-order valence-electron chi connectivity index (χ1n) is 4.36. The number of hydrogen-bond acceptors (Lipinski definition) is 3. The minimum absolute atomic E-state index is 0.310. The average Bonchev–Trinajstić information content (AvgIpc) is 2.19. The van der Waals surface area contributed by atoms with E-state index in [2.05, 4.69) is 0 Å². The van der Waals surface area contributed by atoms with E-state index in [9.17, 15) is 4.79 Å². The van der Waals surface area contributed by atoms with Crippen LogP contribution in [0.4, 0.5) is 0 Å². The third-order valence-electron chi connectivity index (χ3n) is 1.76. The van der Waals surface area contributed by atoms with Crippen molar-refractivity contribution >= 4 is 5.97 Å². The molecule has 14 heavy (non-hydrogen) atoms. The molecule has 0 unspecified atom stereocenters. The van der Waals surface area contributed by atoms with Gasteiger partial charge in [-0.3, -0.25) is 4.79 Å². The maximum atomic E-state index is 10.4. The molecule has 0 saturated heterocycles. The van der Waals surface area contributed by atoms with Crippen molar-refractivity contribution in [2.24, 2.45) is 5.73 Å². The summed E-state index contributed by atoms with van der Waals surface area (Å²) in [7, 11) is 0. The topological polar surface area (TPSA) is 72.5 Å². The molecule has 1 atom stereocenters. The zero-order valence-corrected chi connectivity index (χ0v) is 7.72. The fraction of sp³-hybridized carbons (Fsp3) is 0.300. The van der Waals surface area contributed by atoms with Crippen LogP contribution in [0.5, 0.6) is 5.75 Å². The van der Waals surface area contributed by atoms with Gasteiger partial charge in [-0.2, -0.15) is 0 Å². The van der Waals surface area contributed by atoms with Gasteiger partial charge in [0.2, 0.25) is 0 Å². The van der Waals surface area contributed by atoms with E-state index in [1.165, 1.54) is 0 Å². The lowest BCUT2D eigenvalue weighted by atomic mass is 10.2. The van der Waals surface area contributed by atoms with Gasteiger partial charge < -0.3 is 15.6 Å². The first-order valence-corrected chi connectivity index (χ1v) is 4.36. The summed E-state index contributed by atoms with van der Waals surface area (Å²) in [4.78, 5) is 10.4. The molecule has 4 nitrogen and oxygen atoms in total. The number of nitrogens with two attached hydrogens (primary N) is 1. The van der Waals surface area contributed by atoms with Gasteiger partial charge >= 0.3 is 5.97 Å². The molecular weight excluding hydrogens is 182 g/mol. The quantitative estimate of drug-likeness (QED) is 0.731. The second-order valence-electron chi connectivity index (χ2n) is 2.89. The van der Waals surface area contributed by atoms with Crippen molar-refractivity contribution in [3.8, 4) is 5.75 Å². The molecular formula is C10H13NO3. The van der Waals surface area contributed by atoms with E-state index in [-0.39, 0.29) is 0 Å². The highest BCUT2D eigenvalue weighted by Gasteiger charge is 2.10. The number of aliphatic carboxylic acids is 1. The Labute approximate surface area is 82.3 Å². The monoisotopic (exact) mass is 195 g/mol. The number of carboxylic acids is 1. The highest BCUT2D eigenvalue weighted by molar-refractivity contribution is 5.72. The number of para-hydroxylation sites is 1. The molecule has 0 heterocycles. The van der Waals surface area contributed by atoms with Gasteiger partial charge in [-0.05, 0) is 12.1 Å². The number of benzene rings is 1. The first kappa shape index (κ1) is 10.5. The smallest absolute Gasteiger partial charge is 0.320 e. The SMILES string of the molecule is N[C@H](CCOc1ccccc1)C(=O)O. The van der Waals surface area contributed by atoms with Gasteiger partial charge in [-0.15, -0.1) is 0 Å². The lowest BCUT2D eigenvalue weighted by Crippen LogP contribution is -2.31. The fourth-order valence-corrected chi connectivity index (χ4v) is 0.944. The van der Waals surface area contributed by atoms with E-state index in [1.807, 2.05) is 30.3 Å². The average molecular weight is 195 g/mol. The predicted octanol–water partition coefficient (Wildman–Crippen LogP) is 0.867. The lowest BCUT2D eigenvalue weighted by molar-refractivity contribution is -0.138. The molecule has 0 aromatic heterocycles. The molecule has 0 aliphatic rings. The Kier molecular flexibility index (Phi) is 3.94. The van der Waals surface area contributed by atoms with Gasteiger partial charge in [0.1, 0.15) is 11.8 Å². The number of rotatable bonds is 5. The second-order valence-corrected chi connectivity index (χ2v) is 2.89. The summed E-state index contributed by atoms with van der Waals surface area (Å²) < 4.78 is 5.28. The molecule has 0 aliphatic carbocycles. The summed E-state index contributed by atoms with van der Waals surface area (Å²) in [5.74, 6) is -0.272. The maximum absolute atomic E-state index is 10.4.